The van der Waals surface area contributed by atoms with Gasteiger partial charge < -0.3 is 18.9 Å². The molecule has 1 aliphatic carbocycles. The van der Waals surface area contributed by atoms with Crippen molar-refractivity contribution < 1.29 is 36.9 Å². The quantitative estimate of drug-likeness (QED) is 0.340. The highest BCUT2D eigenvalue weighted by molar-refractivity contribution is 5.79. The second kappa shape index (κ2) is 10.5. The Bertz CT molecular complexity index is 1010. The summed E-state index contributed by atoms with van der Waals surface area (Å²) < 4.78 is 58.6. The molecule has 2 aromatic rings. The van der Waals surface area contributed by atoms with Gasteiger partial charge in [0.1, 0.15) is 11.5 Å². The molecule has 0 aliphatic heterocycles. The van der Waals surface area contributed by atoms with Gasteiger partial charge >= 0.3 is 12.3 Å². The Morgan fingerprint density at radius 1 is 1.00 bits per heavy atom. The molecule has 0 amide bonds. The smallest absolute Gasteiger partial charge is 0.476 e. The summed E-state index contributed by atoms with van der Waals surface area (Å²) in [7, 11) is 0. The number of hydrogen-bond donors (Lipinski definition) is 0. The largest absolute Gasteiger partial charge is 0.573 e. The van der Waals surface area contributed by atoms with Crippen molar-refractivity contribution in [2.75, 3.05) is 13.2 Å². The molecular weight excluding hydrogens is 461 g/mol. The van der Waals surface area contributed by atoms with E-state index in [1.807, 2.05) is 20.8 Å². The zero-order valence-corrected chi connectivity index (χ0v) is 21.0. The minimum atomic E-state index is -4.72. The average molecular weight is 495 g/mol. The molecule has 0 radical (unpaired) electrons. The van der Waals surface area contributed by atoms with E-state index < -0.39 is 17.9 Å². The van der Waals surface area contributed by atoms with Gasteiger partial charge in [-0.3, -0.25) is 0 Å². The lowest BCUT2D eigenvalue weighted by Gasteiger charge is -2.26. The highest BCUT2D eigenvalue weighted by Crippen LogP contribution is 2.56. The molecule has 192 valence electrons. The van der Waals surface area contributed by atoms with Gasteiger partial charge in [-0.05, 0) is 94.2 Å². The van der Waals surface area contributed by atoms with Crippen LogP contribution < -0.4 is 9.47 Å². The molecule has 0 saturated heterocycles. The van der Waals surface area contributed by atoms with Crippen LogP contribution >= 0.6 is 0 Å². The van der Waals surface area contributed by atoms with Gasteiger partial charge in [0.15, 0.2) is 5.60 Å². The van der Waals surface area contributed by atoms with Gasteiger partial charge in [0.05, 0.1) is 12.7 Å². The predicted octanol–water partition coefficient (Wildman–Crippen LogP) is 6.80. The fraction of sp³-hybridized carbons (Fsp3) is 0.519. The van der Waals surface area contributed by atoms with Crippen LogP contribution in [-0.4, -0.2) is 31.1 Å². The molecule has 5 nitrogen and oxygen atoms in total. The summed E-state index contributed by atoms with van der Waals surface area (Å²) in [4.78, 5) is 12.3. The van der Waals surface area contributed by atoms with Crippen molar-refractivity contribution >= 4 is 5.97 Å². The third-order valence-corrected chi connectivity index (χ3v) is 6.05. The standard InChI is InChI=1S/C27H33F3O5/c1-7-32-24(18-9-11-20(12-10-18)34-27(28,29)30)22-15-21(22)19-13-16(3)23(17(4)14-19)35-26(5,6)25(31)33-8-2/h9-14,21-22,24H,7-8,15H2,1-6H3. The van der Waals surface area contributed by atoms with E-state index in [2.05, 4.69) is 16.9 Å². The third kappa shape index (κ3) is 6.69. The maximum Gasteiger partial charge on any atom is 0.573 e. The number of esters is 1. The topological polar surface area (TPSA) is 54.0 Å². The molecule has 0 N–H and O–H groups in total. The summed E-state index contributed by atoms with van der Waals surface area (Å²) in [5.74, 6) is 0.437. The van der Waals surface area contributed by atoms with Crippen molar-refractivity contribution in [3.63, 3.8) is 0 Å². The summed E-state index contributed by atoms with van der Waals surface area (Å²) in [6.45, 7) is 11.7. The predicted molar refractivity (Wildman–Crippen MR) is 126 cm³/mol. The Morgan fingerprint density at radius 2 is 1.60 bits per heavy atom. The van der Waals surface area contributed by atoms with E-state index in [4.69, 9.17) is 14.2 Å². The van der Waals surface area contributed by atoms with Gasteiger partial charge in [-0.25, -0.2) is 4.79 Å². The number of hydrogen-bond acceptors (Lipinski definition) is 5. The highest BCUT2D eigenvalue weighted by Gasteiger charge is 2.45. The molecule has 3 atom stereocenters. The van der Waals surface area contributed by atoms with E-state index in [1.54, 1.807) is 32.9 Å². The molecule has 2 aromatic carbocycles. The fourth-order valence-corrected chi connectivity index (χ4v) is 4.40. The molecule has 3 rings (SSSR count). The summed E-state index contributed by atoms with van der Waals surface area (Å²) >= 11 is 0. The van der Waals surface area contributed by atoms with Crippen LogP contribution in [0.15, 0.2) is 36.4 Å². The Hall–Kier alpha value is -2.74. The SMILES string of the molecule is CCOC(=O)C(C)(C)Oc1c(C)cc(C2CC2C(OCC)c2ccc(OC(F)(F)F)cc2)cc1C. The normalized spacial score (nSPS) is 18.7. The number of benzene rings is 2. The summed E-state index contributed by atoms with van der Waals surface area (Å²) in [6, 6.07) is 10.0. The van der Waals surface area contributed by atoms with E-state index in [0.29, 0.717) is 12.4 Å². The van der Waals surface area contributed by atoms with Crippen molar-refractivity contribution in [1.29, 1.82) is 0 Å². The second-order valence-corrected chi connectivity index (χ2v) is 9.32. The van der Waals surface area contributed by atoms with Crippen LogP contribution in [0.1, 0.15) is 68.4 Å². The van der Waals surface area contributed by atoms with Crippen LogP contribution in [0, 0.1) is 19.8 Å². The first-order chi connectivity index (χ1) is 16.4. The van der Waals surface area contributed by atoms with Crippen LogP contribution in [-0.2, 0) is 14.3 Å². The Balaban J connectivity index is 1.76. The van der Waals surface area contributed by atoms with Crippen molar-refractivity contribution in [1.82, 2.24) is 0 Å². The fourth-order valence-electron chi connectivity index (χ4n) is 4.40. The van der Waals surface area contributed by atoms with Crippen molar-refractivity contribution in [3.05, 3.63) is 58.7 Å². The number of carbonyl (C=O) groups excluding carboxylic acids is 1. The van der Waals surface area contributed by atoms with E-state index in [9.17, 15) is 18.0 Å². The zero-order chi connectivity index (χ0) is 26.0. The molecule has 1 saturated carbocycles. The van der Waals surface area contributed by atoms with E-state index in [-0.39, 0.29) is 30.3 Å². The first kappa shape index (κ1) is 26.9. The molecule has 0 bridgehead atoms. The molecule has 1 fully saturated rings. The minimum absolute atomic E-state index is 0.200. The van der Waals surface area contributed by atoms with Crippen molar-refractivity contribution in [3.8, 4) is 11.5 Å². The minimum Gasteiger partial charge on any atom is -0.476 e. The van der Waals surface area contributed by atoms with Crippen LogP contribution in [0.2, 0.25) is 0 Å². The number of ether oxygens (including phenoxy) is 4. The number of halogens is 3. The van der Waals surface area contributed by atoms with E-state index in [0.717, 1.165) is 28.7 Å². The zero-order valence-electron chi connectivity index (χ0n) is 21.0. The molecule has 8 heteroatoms. The van der Waals surface area contributed by atoms with Crippen LogP contribution in [0.3, 0.4) is 0 Å². The van der Waals surface area contributed by atoms with Gasteiger partial charge in [-0.2, -0.15) is 0 Å². The van der Waals surface area contributed by atoms with Crippen LogP contribution in [0.4, 0.5) is 13.2 Å². The van der Waals surface area contributed by atoms with Crippen LogP contribution in [0.25, 0.3) is 0 Å². The van der Waals surface area contributed by atoms with Crippen molar-refractivity contribution in [2.45, 2.75) is 71.9 Å². The molecular formula is C27H33F3O5. The number of aryl methyl sites for hydroxylation is 2. The van der Waals surface area contributed by atoms with Gasteiger partial charge in [-0.1, -0.05) is 24.3 Å². The van der Waals surface area contributed by atoms with E-state index >= 15 is 0 Å². The van der Waals surface area contributed by atoms with Crippen molar-refractivity contribution in [2.24, 2.45) is 5.92 Å². The molecule has 35 heavy (non-hydrogen) atoms. The first-order valence-electron chi connectivity index (χ1n) is 11.8. The lowest BCUT2D eigenvalue weighted by Crippen LogP contribution is -2.40. The maximum absolute atomic E-state index is 12.5. The summed E-state index contributed by atoms with van der Waals surface area (Å²) in [5, 5.41) is 0. The Labute approximate surface area is 204 Å². The second-order valence-electron chi connectivity index (χ2n) is 9.32. The summed E-state index contributed by atoms with van der Waals surface area (Å²) in [5.41, 5.74) is 2.69. The van der Waals surface area contributed by atoms with Gasteiger partial charge in [0.2, 0.25) is 0 Å². The van der Waals surface area contributed by atoms with Gasteiger partial charge in [0.25, 0.3) is 0 Å². The van der Waals surface area contributed by atoms with Gasteiger partial charge in [0, 0.05) is 6.61 Å². The summed E-state index contributed by atoms with van der Waals surface area (Å²) in [6.07, 6.45) is -4.05. The number of alkyl halides is 3. The molecule has 0 spiro atoms. The van der Waals surface area contributed by atoms with Crippen LogP contribution in [0.5, 0.6) is 11.5 Å². The van der Waals surface area contributed by atoms with E-state index in [1.165, 1.54) is 12.1 Å². The Kier molecular flexibility index (Phi) is 8.04. The lowest BCUT2D eigenvalue weighted by molar-refractivity contribution is -0.274. The maximum atomic E-state index is 12.5. The Morgan fingerprint density at radius 3 is 2.11 bits per heavy atom. The number of rotatable bonds is 10. The monoisotopic (exact) mass is 494 g/mol. The molecule has 0 heterocycles. The highest BCUT2D eigenvalue weighted by atomic mass is 19.4. The third-order valence-electron chi connectivity index (χ3n) is 6.05. The molecule has 0 aromatic heterocycles. The molecule has 3 unspecified atom stereocenters. The average Bonchev–Trinajstić information content (AvgIpc) is 3.55. The molecule has 1 aliphatic rings. The van der Waals surface area contributed by atoms with Gasteiger partial charge in [-0.15, -0.1) is 13.2 Å². The number of carbonyl (C=O) groups is 1. The lowest BCUT2D eigenvalue weighted by atomic mass is 9.97. The first-order valence-corrected chi connectivity index (χ1v) is 11.8.